The van der Waals surface area contributed by atoms with Crippen LogP contribution in [0.4, 0.5) is 0 Å². The first-order valence-corrected chi connectivity index (χ1v) is 10.7. The summed E-state index contributed by atoms with van der Waals surface area (Å²) >= 11 is 6.10. The highest BCUT2D eigenvalue weighted by atomic mass is 35.5. The Hall–Kier alpha value is -2.34. The van der Waals surface area contributed by atoms with Gasteiger partial charge in [0, 0.05) is 43.7 Å². The summed E-state index contributed by atoms with van der Waals surface area (Å²) in [5.74, 6) is 0.562. The molecule has 0 radical (unpaired) electrons. The number of amides is 1. The number of benzene rings is 2. The fraction of sp³-hybridized carbons (Fsp3) is 0.375. The molecule has 3 unspecified atom stereocenters. The van der Waals surface area contributed by atoms with Gasteiger partial charge in [0.1, 0.15) is 5.75 Å². The number of likely N-dealkylation sites (tertiary alicyclic amines) is 1. The van der Waals surface area contributed by atoms with Crippen LogP contribution in [-0.4, -0.2) is 59.7 Å². The number of ether oxygens (including phenoxy) is 1. The molecule has 4 rings (SSSR count). The van der Waals surface area contributed by atoms with Crippen molar-refractivity contribution in [1.82, 2.24) is 9.80 Å². The van der Waals surface area contributed by atoms with E-state index in [9.17, 15) is 9.90 Å². The van der Waals surface area contributed by atoms with Crippen LogP contribution < -0.4 is 4.74 Å². The van der Waals surface area contributed by atoms with Crippen molar-refractivity contribution in [2.75, 3.05) is 26.7 Å². The Balaban J connectivity index is 1.55. The molecular weight excluding hydrogens is 400 g/mol. The lowest BCUT2D eigenvalue weighted by atomic mass is 9.96. The van der Waals surface area contributed by atoms with Crippen LogP contribution >= 0.6 is 11.6 Å². The van der Waals surface area contributed by atoms with Crippen molar-refractivity contribution in [1.29, 1.82) is 0 Å². The summed E-state index contributed by atoms with van der Waals surface area (Å²) in [7, 11) is 1.83. The predicted octanol–water partition coefficient (Wildman–Crippen LogP) is 3.77. The average Bonchev–Trinajstić information content (AvgIpc) is 3.16. The van der Waals surface area contributed by atoms with Gasteiger partial charge >= 0.3 is 0 Å². The quantitative estimate of drug-likeness (QED) is 0.790. The van der Waals surface area contributed by atoms with Crippen molar-refractivity contribution in [3.8, 4) is 5.75 Å². The van der Waals surface area contributed by atoms with Crippen LogP contribution in [0.3, 0.4) is 0 Å². The van der Waals surface area contributed by atoms with Crippen molar-refractivity contribution in [3.63, 3.8) is 0 Å². The number of carbonyl (C=O) groups is 1. The molecule has 0 saturated carbocycles. The first-order valence-electron chi connectivity index (χ1n) is 10.3. The van der Waals surface area contributed by atoms with Gasteiger partial charge in [-0.1, -0.05) is 48.5 Å². The van der Waals surface area contributed by atoms with Crippen molar-refractivity contribution < 1.29 is 14.6 Å². The highest BCUT2D eigenvalue weighted by molar-refractivity contribution is 6.30. The van der Waals surface area contributed by atoms with Gasteiger partial charge in [0.15, 0.2) is 6.10 Å². The van der Waals surface area contributed by atoms with Crippen LogP contribution in [0.1, 0.15) is 30.0 Å². The van der Waals surface area contributed by atoms with E-state index in [1.54, 1.807) is 17.0 Å². The Labute approximate surface area is 182 Å². The molecule has 2 aliphatic heterocycles. The second-order valence-electron chi connectivity index (χ2n) is 8.13. The zero-order valence-corrected chi connectivity index (χ0v) is 17.9. The number of hydrogen-bond acceptors (Lipinski definition) is 4. The molecule has 0 bridgehead atoms. The van der Waals surface area contributed by atoms with Gasteiger partial charge in [-0.2, -0.15) is 0 Å². The number of nitrogens with zero attached hydrogens (tertiary/aromatic N) is 2. The minimum Gasteiger partial charge on any atom is -0.480 e. The fourth-order valence-electron chi connectivity index (χ4n) is 4.28. The zero-order chi connectivity index (χ0) is 21.3. The monoisotopic (exact) mass is 426 g/mol. The number of aliphatic hydroxyl groups is 1. The van der Waals surface area contributed by atoms with E-state index < -0.39 is 6.10 Å². The summed E-state index contributed by atoms with van der Waals surface area (Å²) < 4.78 is 6.05. The summed E-state index contributed by atoms with van der Waals surface area (Å²) in [5.41, 5.74) is 2.78. The van der Waals surface area contributed by atoms with Crippen LogP contribution in [0.15, 0.2) is 55.1 Å². The number of fused-ring (bicyclic) bond motifs is 1. The lowest BCUT2D eigenvalue weighted by Crippen LogP contribution is -2.45. The van der Waals surface area contributed by atoms with E-state index in [0.717, 1.165) is 29.7 Å². The minimum atomic E-state index is -0.619. The maximum atomic E-state index is 13.4. The molecule has 1 N–H and O–H groups in total. The third-order valence-corrected chi connectivity index (χ3v) is 6.21. The molecule has 6 heteroatoms. The van der Waals surface area contributed by atoms with Gasteiger partial charge in [-0.15, -0.1) is 0 Å². The van der Waals surface area contributed by atoms with Crippen LogP contribution in [0, 0.1) is 0 Å². The number of halogens is 1. The topological polar surface area (TPSA) is 53.0 Å². The summed E-state index contributed by atoms with van der Waals surface area (Å²) in [6, 6.07) is 15.3. The molecule has 1 fully saturated rings. The van der Waals surface area contributed by atoms with Gasteiger partial charge < -0.3 is 14.7 Å². The Morgan fingerprint density at radius 2 is 2.10 bits per heavy atom. The first kappa shape index (κ1) is 20.9. The van der Waals surface area contributed by atoms with Gasteiger partial charge in [0.25, 0.3) is 5.91 Å². The largest absolute Gasteiger partial charge is 0.480 e. The average molecular weight is 427 g/mol. The van der Waals surface area contributed by atoms with Crippen molar-refractivity contribution in [2.24, 2.45) is 0 Å². The highest BCUT2D eigenvalue weighted by Gasteiger charge is 2.35. The molecule has 0 aliphatic carbocycles. The lowest BCUT2D eigenvalue weighted by molar-refractivity contribution is -0.140. The lowest BCUT2D eigenvalue weighted by Gasteiger charge is -2.36. The molecule has 2 aromatic carbocycles. The van der Waals surface area contributed by atoms with Crippen molar-refractivity contribution in [2.45, 2.75) is 31.1 Å². The van der Waals surface area contributed by atoms with Crippen LogP contribution in [0.25, 0.3) is 5.57 Å². The molecular formula is C24H27ClN2O3. The predicted molar refractivity (Wildman–Crippen MR) is 119 cm³/mol. The number of likely N-dealkylation sites (N-methyl/N-ethyl adjacent to an activating group) is 1. The number of hydrogen-bond donors (Lipinski definition) is 1. The van der Waals surface area contributed by atoms with Crippen LogP contribution in [-0.2, 0) is 4.79 Å². The normalized spacial score (nSPS) is 22.3. The zero-order valence-electron chi connectivity index (χ0n) is 17.1. The van der Waals surface area contributed by atoms with Crippen molar-refractivity contribution in [3.05, 3.63) is 71.3 Å². The summed E-state index contributed by atoms with van der Waals surface area (Å²) in [4.78, 5) is 17.4. The van der Waals surface area contributed by atoms with E-state index in [0.29, 0.717) is 30.3 Å². The molecule has 30 heavy (non-hydrogen) atoms. The molecule has 158 valence electrons. The Bertz CT molecular complexity index is 933. The van der Waals surface area contributed by atoms with Gasteiger partial charge in [0.2, 0.25) is 0 Å². The number of carbonyl (C=O) groups excluding carboxylic acids is 1. The third kappa shape index (κ3) is 4.38. The summed E-state index contributed by atoms with van der Waals surface area (Å²) in [5, 5.41) is 10.5. The number of β-amino-alcohol motifs (C(OH)–C–C–N with tert-alkyl or cyclic N) is 1. The second kappa shape index (κ2) is 8.80. The third-order valence-electron chi connectivity index (χ3n) is 5.98. The maximum Gasteiger partial charge on any atom is 0.264 e. The first-order chi connectivity index (χ1) is 14.4. The standard InChI is InChI=1S/C24H27ClN2O3/c1-16-12-23(30-22-9-8-18(25)13-20(16)22)24(29)26(2)21(17-6-4-3-5-7-17)15-27-11-10-19(28)14-27/h3-9,13,19,21,23,28H,1,10-12,14-15H2,2H3. The van der Waals surface area contributed by atoms with Crippen molar-refractivity contribution >= 4 is 23.1 Å². The van der Waals surface area contributed by atoms with Crippen LogP contribution in [0.2, 0.25) is 5.02 Å². The molecule has 1 saturated heterocycles. The van der Waals surface area contributed by atoms with Gasteiger partial charge in [-0.25, -0.2) is 0 Å². The summed E-state index contributed by atoms with van der Waals surface area (Å²) in [6.45, 7) is 6.27. The van der Waals surface area contributed by atoms with E-state index in [4.69, 9.17) is 16.3 Å². The number of rotatable bonds is 5. The fourth-order valence-corrected chi connectivity index (χ4v) is 4.45. The Morgan fingerprint density at radius 3 is 2.80 bits per heavy atom. The molecule has 5 nitrogen and oxygen atoms in total. The summed E-state index contributed by atoms with van der Waals surface area (Å²) in [6.07, 6.45) is 0.284. The molecule has 2 aromatic rings. The molecule has 0 aromatic heterocycles. The van der Waals surface area contributed by atoms with E-state index in [1.807, 2.05) is 43.4 Å². The maximum absolute atomic E-state index is 13.4. The molecule has 2 heterocycles. The Morgan fingerprint density at radius 1 is 1.33 bits per heavy atom. The van der Waals surface area contributed by atoms with Gasteiger partial charge in [-0.3, -0.25) is 9.69 Å². The Kier molecular flexibility index (Phi) is 6.14. The molecule has 2 aliphatic rings. The minimum absolute atomic E-state index is 0.0784. The van der Waals surface area contributed by atoms with E-state index >= 15 is 0 Å². The molecule has 1 amide bonds. The second-order valence-corrected chi connectivity index (χ2v) is 8.57. The van der Waals surface area contributed by atoms with Gasteiger partial charge in [-0.05, 0) is 35.8 Å². The van der Waals surface area contributed by atoms with E-state index in [1.165, 1.54) is 0 Å². The molecule has 0 spiro atoms. The highest BCUT2D eigenvalue weighted by Crippen LogP contribution is 2.37. The molecule has 3 atom stereocenters. The SMILES string of the molecule is C=C1CC(C(=O)N(C)C(CN2CCC(O)C2)c2ccccc2)Oc2ccc(Cl)cc21. The van der Waals surface area contributed by atoms with E-state index in [2.05, 4.69) is 11.5 Å². The van der Waals surface area contributed by atoms with E-state index in [-0.39, 0.29) is 18.1 Å². The smallest absolute Gasteiger partial charge is 0.264 e. The van der Waals surface area contributed by atoms with Crippen LogP contribution in [0.5, 0.6) is 5.75 Å². The number of aliphatic hydroxyl groups excluding tert-OH is 1. The van der Waals surface area contributed by atoms with Gasteiger partial charge in [0.05, 0.1) is 12.1 Å².